The van der Waals surface area contributed by atoms with Crippen LogP contribution in [0.4, 0.5) is 29.1 Å². The molecule has 39 heavy (non-hydrogen) atoms. The number of nitrogens with zero attached hydrogens (tertiary/aromatic N) is 4. The van der Waals surface area contributed by atoms with Gasteiger partial charge in [-0.15, -0.1) is 0 Å². The van der Waals surface area contributed by atoms with Crippen molar-refractivity contribution in [1.82, 2.24) is 24.6 Å². The average Bonchev–Trinajstić information content (AvgIpc) is 3.24. The number of ether oxygens (including phenoxy) is 1. The van der Waals surface area contributed by atoms with Crippen molar-refractivity contribution >= 4 is 23.1 Å². The number of likely N-dealkylation sites (tertiary alicyclic amines) is 1. The van der Waals surface area contributed by atoms with E-state index in [4.69, 9.17) is 4.74 Å². The quantitative estimate of drug-likeness (QED) is 0.309. The number of methoxy groups -OCH3 is 1. The van der Waals surface area contributed by atoms with Crippen LogP contribution in [0.1, 0.15) is 28.3 Å². The third-order valence-electron chi connectivity index (χ3n) is 6.29. The Morgan fingerprint density at radius 3 is 2.74 bits per heavy atom. The molecular weight excluding hydrogens is 518 g/mol. The minimum atomic E-state index is -4.50. The van der Waals surface area contributed by atoms with E-state index in [1.54, 1.807) is 18.2 Å². The van der Waals surface area contributed by atoms with Gasteiger partial charge in [-0.1, -0.05) is 5.92 Å². The number of anilines is 2. The van der Waals surface area contributed by atoms with E-state index in [0.29, 0.717) is 24.4 Å². The first-order chi connectivity index (χ1) is 18.6. The van der Waals surface area contributed by atoms with Crippen LogP contribution in [-0.2, 0) is 6.42 Å². The number of rotatable bonds is 7. The number of amides is 1. The van der Waals surface area contributed by atoms with E-state index in [-0.39, 0.29) is 41.6 Å². The Balaban J connectivity index is 1.61. The van der Waals surface area contributed by atoms with E-state index in [0.717, 1.165) is 0 Å². The number of halogens is 4. The Morgan fingerprint density at radius 2 is 2.05 bits per heavy atom. The van der Waals surface area contributed by atoms with Crippen molar-refractivity contribution in [2.45, 2.75) is 31.2 Å². The van der Waals surface area contributed by atoms with E-state index < -0.39 is 30.7 Å². The summed E-state index contributed by atoms with van der Waals surface area (Å²) in [7, 11) is 4.76. The highest BCUT2D eigenvalue weighted by Gasteiger charge is 2.32. The summed E-state index contributed by atoms with van der Waals surface area (Å²) in [6.07, 6.45) is -4.83. The molecule has 208 valence electrons. The van der Waals surface area contributed by atoms with Gasteiger partial charge < -0.3 is 30.0 Å². The Morgan fingerprint density at radius 1 is 1.26 bits per heavy atom. The maximum atomic E-state index is 14.6. The minimum absolute atomic E-state index is 0.00980. The van der Waals surface area contributed by atoms with Crippen LogP contribution < -0.4 is 20.7 Å². The Hall–Kier alpha value is -4.05. The fourth-order valence-electron chi connectivity index (χ4n) is 4.36. The maximum Gasteiger partial charge on any atom is 0.394 e. The van der Waals surface area contributed by atoms with E-state index in [9.17, 15) is 22.4 Å². The third kappa shape index (κ3) is 6.69. The predicted molar refractivity (Wildman–Crippen MR) is 139 cm³/mol. The smallest absolute Gasteiger partial charge is 0.394 e. The minimum Gasteiger partial charge on any atom is -0.493 e. The highest BCUT2D eigenvalue weighted by molar-refractivity contribution is 5.92. The Labute approximate surface area is 222 Å². The van der Waals surface area contributed by atoms with E-state index in [1.807, 2.05) is 11.9 Å². The molecule has 0 aromatic carbocycles. The highest BCUT2D eigenvalue weighted by Crippen LogP contribution is 2.28. The zero-order valence-electron chi connectivity index (χ0n) is 21.7. The van der Waals surface area contributed by atoms with Crippen LogP contribution >= 0.6 is 0 Å². The number of imidazole rings is 1. The van der Waals surface area contributed by atoms with Crippen LogP contribution in [0.25, 0.3) is 5.65 Å². The van der Waals surface area contributed by atoms with Gasteiger partial charge in [0.2, 0.25) is 0 Å². The molecule has 0 saturated carbocycles. The van der Waals surface area contributed by atoms with Crippen molar-refractivity contribution in [3.05, 3.63) is 47.5 Å². The molecule has 4 rings (SSSR count). The van der Waals surface area contributed by atoms with Crippen molar-refractivity contribution in [3.63, 3.8) is 0 Å². The molecule has 2 atom stereocenters. The van der Waals surface area contributed by atoms with Crippen LogP contribution in [0.3, 0.4) is 0 Å². The van der Waals surface area contributed by atoms with Crippen LogP contribution in [-0.4, -0.2) is 84.4 Å². The van der Waals surface area contributed by atoms with Gasteiger partial charge in [0.15, 0.2) is 17.2 Å². The largest absolute Gasteiger partial charge is 0.493 e. The molecule has 0 bridgehead atoms. The molecule has 0 spiro atoms. The molecular formula is C26H29F4N7O2. The summed E-state index contributed by atoms with van der Waals surface area (Å²) in [6.45, 7) is 0.957. The second-order valence-corrected chi connectivity index (χ2v) is 9.11. The number of aromatic nitrogens is 3. The van der Waals surface area contributed by atoms with Crippen molar-refractivity contribution in [1.29, 1.82) is 0 Å². The van der Waals surface area contributed by atoms with Crippen molar-refractivity contribution < 1.29 is 27.1 Å². The first kappa shape index (κ1) is 28.0. The molecule has 0 unspecified atom stereocenters. The number of pyridine rings is 2. The summed E-state index contributed by atoms with van der Waals surface area (Å²) < 4.78 is 61.7. The molecule has 0 aliphatic carbocycles. The molecule has 1 saturated heterocycles. The number of nitrogens with one attached hydrogen (secondary N) is 3. The molecule has 1 fully saturated rings. The number of carbonyl (C=O) groups is 1. The second kappa shape index (κ2) is 11.8. The summed E-state index contributed by atoms with van der Waals surface area (Å²) >= 11 is 0. The topological polar surface area (TPSA) is 95.8 Å². The predicted octanol–water partition coefficient (Wildman–Crippen LogP) is 3.12. The molecule has 1 aliphatic heterocycles. The van der Waals surface area contributed by atoms with E-state index in [1.165, 1.54) is 30.8 Å². The standard InChI is InChI=1S/C26H29F4N7O2/c1-31-25(38)20-8-9-22(39-3)23(34-20)32-11-4-6-18-21(14-26(28,29)30)37-12-5-7-19(24(37)35-18)33-17-10-13-36(2)15-16(17)27/h5,7-9,12,16-17,33H,10-11,13-15H2,1-3H3,(H,31,38)(H,32,34)/t16-,17+/m0/s1. The lowest BCUT2D eigenvalue weighted by atomic mass is 10.0. The summed E-state index contributed by atoms with van der Waals surface area (Å²) in [6, 6.07) is 5.84. The summed E-state index contributed by atoms with van der Waals surface area (Å²) in [5.41, 5.74) is 0.668. The fraction of sp³-hybridized carbons (Fsp3) is 0.423. The summed E-state index contributed by atoms with van der Waals surface area (Å²) in [4.78, 5) is 22.4. The molecule has 3 aromatic heterocycles. The normalized spacial score (nSPS) is 17.8. The molecule has 3 N–H and O–H groups in total. The van der Waals surface area contributed by atoms with Crippen LogP contribution in [0.15, 0.2) is 30.5 Å². The van der Waals surface area contributed by atoms with Crippen LogP contribution in [0.5, 0.6) is 5.75 Å². The number of fused-ring (bicyclic) bond motifs is 1. The van der Waals surface area contributed by atoms with Gasteiger partial charge in [0.25, 0.3) is 5.91 Å². The molecule has 1 amide bonds. The van der Waals surface area contributed by atoms with Crippen LogP contribution in [0, 0.1) is 11.8 Å². The van der Waals surface area contributed by atoms with Gasteiger partial charge in [0.1, 0.15) is 17.6 Å². The zero-order valence-corrected chi connectivity index (χ0v) is 21.7. The zero-order chi connectivity index (χ0) is 28.2. The lowest BCUT2D eigenvalue weighted by Gasteiger charge is -2.33. The molecule has 3 aromatic rings. The van der Waals surface area contributed by atoms with Gasteiger partial charge in [-0.2, -0.15) is 13.2 Å². The highest BCUT2D eigenvalue weighted by atomic mass is 19.4. The van der Waals surface area contributed by atoms with Gasteiger partial charge in [0.05, 0.1) is 37.5 Å². The van der Waals surface area contributed by atoms with Crippen molar-refractivity contribution in [2.24, 2.45) is 0 Å². The Bertz CT molecular complexity index is 1400. The Kier molecular flexibility index (Phi) is 8.44. The summed E-state index contributed by atoms with van der Waals surface area (Å²) in [5.74, 6) is 5.73. The van der Waals surface area contributed by atoms with Crippen molar-refractivity contribution in [3.8, 4) is 17.6 Å². The average molecular weight is 548 g/mol. The molecule has 9 nitrogen and oxygen atoms in total. The van der Waals surface area contributed by atoms with Gasteiger partial charge >= 0.3 is 6.18 Å². The first-order valence-corrected chi connectivity index (χ1v) is 12.2. The number of alkyl halides is 4. The van der Waals surface area contributed by atoms with Crippen LogP contribution in [0.2, 0.25) is 0 Å². The third-order valence-corrected chi connectivity index (χ3v) is 6.29. The number of hydrogen-bond acceptors (Lipinski definition) is 7. The van der Waals surface area contributed by atoms with E-state index in [2.05, 4.69) is 37.8 Å². The molecule has 13 heteroatoms. The van der Waals surface area contributed by atoms with E-state index >= 15 is 0 Å². The van der Waals surface area contributed by atoms with Gasteiger partial charge in [0, 0.05) is 26.3 Å². The summed E-state index contributed by atoms with van der Waals surface area (Å²) in [5, 5.41) is 8.54. The molecule has 1 aliphatic rings. The SMILES string of the molecule is CNC(=O)c1ccc(OC)c(NCC#Cc2nc3c(N[C@@H]4CCN(C)C[C@@H]4F)cccn3c2CC(F)(F)F)n1. The van der Waals surface area contributed by atoms with Crippen molar-refractivity contribution in [2.75, 3.05) is 51.5 Å². The lowest BCUT2D eigenvalue weighted by molar-refractivity contribution is -0.128. The molecule has 4 heterocycles. The lowest BCUT2D eigenvalue weighted by Crippen LogP contribution is -2.46. The monoisotopic (exact) mass is 547 g/mol. The van der Waals surface area contributed by atoms with Gasteiger partial charge in [-0.3, -0.25) is 4.79 Å². The fourth-order valence-corrected chi connectivity index (χ4v) is 4.36. The maximum absolute atomic E-state index is 14.6. The number of carbonyl (C=O) groups excluding carboxylic acids is 1. The molecule has 0 radical (unpaired) electrons. The number of piperidine rings is 1. The second-order valence-electron chi connectivity index (χ2n) is 9.11. The van der Waals surface area contributed by atoms with Gasteiger partial charge in [-0.05, 0) is 43.7 Å². The number of hydrogen-bond donors (Lipinski definition) is 3. The first-order valence-electron chi connectivity index (χ1n) is 12.2. The van der Waals surface area contributed by atoms with Gasteiger partial charge in [-0.25, -0.2) is 14.4 Å².